The van der Waals surface area contributed by atoms with Gasteiger partial charge in [-0.3, -0.25) is 4.98 Å². The number of hydrogen-bond donors (Lipinski definition) is 1. The summed E-state index contributed by atoms with van der Waals surface area (Å²) in [4.78, 5) is 23.3. The number of aromatic nitrogens is 3. The van der Waals surface area contributed by atoms with Gasteiger partial charge in [0, 0.05) is 11.1 Å². The van der Waals surface area contributed by atoms with Crippen LogP contribution >= 0.6 is 0 Å². The summed E-state index contributed by atoms with van der Waals surface area (Å²) >= 11 is 0. The summed E-state index contributed by atoms with van der Waals surface area (Å²) in [5.41, 5.74) is 3.49. The van der Waals surface area contributed by atoms with Gasteiger partial charge in [-0.2, -0.15) is 4.98 Å². The summed E-state index contributed by atoms with van der Waals surface area (Å²) in [5.74, 6) is 1.73. The predicted octanol–water partition coefficient (Wildman–Crippen LogP) is 3.90. The monoisotopic (exact) mass is 335 g/mol. The molecule has 3 aromatic rings. The van der Waals surface area contributed by atoms with Gasteiger partial charge >= 0.3 is 5.69 Å². The molecule has 25 heavy (non-hydrogen) atoms. The summed E-state index contributed by atoms with van der Waals surface area (Å²) in [5, 5.41) is 0. The van der Waals surface area contributed by atoms with Crippen LogP contribution in [0.25, 0.3) is 22.8 Å². The van der Waals surface area contributed by atoms with Crippen molar-refractivity contribution in [1.29, 1.82) is 0 Å². The number of aromatic amines is 1. The van der Waals surface area contributed by atoms with Crippen LogP contribution in [0.1, 0.15) is 24.5 Å². The Balaban J connectivity index is 1.98. The van der Waals surface area contributed by atoms with Crippen molar-refractivity contribution >= 4 is 0 Å². The Hall–Kier alpha value is -2.95. The number of benzene rings is 2. The summed E-state index contributed by atoms with van der Waals surface area (Å²) in [7, 11) is 0. The van der Waals surface area contributed by atoms with E-state index in [9.17, 15) is 4.79 Å². The van der Waals surface area contributed by atoms with Crippen LogP contribution in [0.3, 0.4) is 0 Å². The van der Waals surface area contributed by atoms with Crippen LogP contribution in [-0.2, 0) is 0 Å². The highest BCUT2D eigenvalue weighted by Crippen LogP contribution is 2.23. The largest absolute Gasteiger partial charge is 0.494 e. The van der Waals surface area contributed by atoms with Crippen molar-refractivity contribution in [1.82, 2.24) is 15.0 Å². The lowest BCUT2D eigenvalue weighted by Gasteiger charge is -2.08. The van der Waals surface area contributed by atoms with E-state index in [0.717, 1.165) is 28.9 Å². The maximum absolute atomic E-state index is 12.0. The molecule has 0 aliphatic heterocycles. The van der Waals surface area contributed by atoms with Crippen molar-refractivity contribution in [2.45, 2.75) is 27.2 Å². The summed E-state index contributed by atoms with van der Waals surface area (Å²) in [6, 6.07) is 13.5. The van der Waals surface area contributed by atoms with Crippen molar-refractivity contribution in [3.05, 3.63) is 64.1 Å². The van der Waals surface area contributed by atoms with E-state index in [0.29, 0.717) is 18.3 Å². The van der Waals surface area contributed by atoms with Crippen LogP contribution in [0, 0.1) is 13.8 Å². The van der Waals surface area contributed by atoms with E-state index in [-0.39, 0.29) is 0 Å². The standard InChI is InChI=1S/C20H21N3O2/c1-4-11-25-16-8-6-15(7-9-16)18-21-19(23-20(24)22-18)17-10-5-13(2)12-14(17)3/h5-10,12H,4,11H2,1-3H3,(H,21,22,23,24). The fourth-order valence-corrected chi connectivity index (χ4v) is 2.64. The van der Waals surface area contributed by atoms with E-state index in [1.807, 2.05) is 50.2 Å². The van der Waals surface area contributed by atoms with Crippen molar-refractivity contribution in [3.8, 4) is 28.5 Å². The van der Waals surface area contributed by atoms with E-state index < -0.39 is 5.69 Å². The van der Waals surface area contributed by atoms with Crippen molar-refractivity contribution in [2.24, 2.45) is 0 Å². The fourth-order valence-electron chi connectivity index (χ4n) is 2.64. The molecule has 0 bridgehead atoms. The van der Waals surface area contributed by atoms with Crippen molar-refractivity contribution in [2.75, 3.05) is 6.61 Å². The van der Waals surface area contributed by atoms with Crippen LogP contribution in [-0.4, -0.2) is 21.6 Å². The molecular weight excluding hydrogens is 314 g/mol. The Labute approximate surface area is 146 Å². The average Bonchev–Trinajstić information content (AvgIpc) is 2.60. The summed E-state index contributed by atoms with van der Waals surface area (Å²) < 4.78 is 5.58. The molecule has 0 spiro atoms. The minimum Gasteiger partial charge on any atom is -0.494 e. The first-order valence-electron chi connectivity index (χ1n) is 8.36. The van der Waals surface area contributed by atoms with Gasteiger partial charge in [0.05, 0.1) is 6.61 Å². The van der Waals surface area contributed by atoms with E-state index in [1.165, 1.54) is 5.56 Å². The predicted molar refractivity (Wildman–Crippen MR) is 98.8 cm³/mol. The van der Waals surface area contributed by atoms with Gasteiger partial charge in [-0.15, -0.1) is 0 Å². The molecule has 0 unspecified atom stereocenters. The molecule has 128 valence electrons. The first kappa shape index (κ1) is 16.9. The lowest BCUT2D eigenvalue weighted by Crippen LogP contribution is -2.14. The van der Waals surface area contributed by atoms with Gasteiger partial charge in [0.1, 0.15) is 11.6 Å². The molecule has 1 aromatic heterocycles. The van der Waals surface area contributed by atoms with Gasteiger partial charge in [0.15, 0.2) is 5.82 Å². The quantitative estimate of drug-likeness (QED) is 0.768. The first-order chi connectivity index (χ1) is 12.1. The van der Waals surface area contributed by atoms with Crippen molar-refractivity contribution in [3.63, 3.8) is 0 Å². The molecule has 5 heteroatoms. The number of H-pyrrole nitrogens is 1. The van der Waals surface area contributed by atoms with Crippen molar-refractivity contribution < 1.29 is 4.74 Å². The lowest BCUT2D eigenvalue weighted by molar-refractivity contribution is 0.317. The van der Waals surface area contributed by atoms with E-state index >= 15 is 0 Å². The Morgan fingerprint density at radius 1 is 1.04 bits per heavy atom. The second-order valence-corrected chi connectivity index (χ2v) is 6.02. The third kappa shape index (κ3) is 3.94. The number of nitrogens with zero attached hydrogens (tertiary/aromatic N) is 2. The van der Waals surface area contributed by atoms with E-state index in [1.54, 1.807) is 0 Å². The lowest BCUT2D eigenvalue weighted by atomic mass is 10.1. The molecule has 5 nitrogen and oxygen atoms in total. The maximum Gasteiger partial charge on any atom is 0.348 e. The first-order valence-corrected chi connectivity index (χ1v) is 8.36. The molecule has 0 saturated carbocycles. The molecule has 0 saturated heterocycles. The smallest absolute Gasteiger partial charge is 0.348 e. The van der Waals surface area contributed by atoms with E-state index in [4.69, 9.17) is 4.74 Å². The fraction of sp³-hybridized carbons (Fsp3) is 0.250. The maximum atomic E-state index is 12.0. The Morgan fingerprint density at radius 2 is 1.80 bits per heavy atom. The number of hydrogen-bond acceptors (Lipinski definition) is 4. The number of aryl methyl sites for hydroxylation is 2. The second-order valence-electron chi connectivity index (χ2n) is 6.02. The van der Waals surface area contributed by atoms with Gasteiger partial charge in [0.2, 0.25) is 0 Å². The van der Waals surface area contributed by atoms with Gasteiger partial charge in [0.25, 0.3) is 0 Å². The molecule has 0 aliphatic rings. The molecule has 1 heterocycles. The van der Waals surface area contributed by atoms with Gasteiger partial charge in [-0.1, -0.05) is 30.7 Å². The Bertz CT molecular complexity index is 930. The highest BCUT2D eigenvalue weighted by atomic mass is 16.5. The zero-order valence-corrected chi connectivity index (χ0v) is 14.7. The topological polar surface area (TPSA) is 67.9 Å². The molecule has 0 radical (unpaired) electrons. The van der Waals surface area contributed by atoms with Crippen LogP contribution in [0.5, 0.6) is 5.75 Å². The third-order valence-corrected chi connectivity index (χ3v) is 3.87. The third-order valence-electron chi connectivity index (χ3n) is 3.87. The number of ether oxygens (including phenoxy) is 1. The second kappa shape index (κ2) is 7.30. The van der Waals surface area contributed by atoms with Crippen LogP contribution in [0.15, 0.2) is 47.3 Å². The minimum atomic E-state index is -0.411. The average molecular weight is 335 g/mol. The Morgan fingerprint density at radius 3 is 2.48 bits per heavy atom. The van der Waals surface area contributed by atoms with Gasteiger partial charge in [-0.25, -0.2) is 9.78 Å². The summed E-state index contributed by atoms with van der Waals surface area (Å²) in [6.07, 6.45) is 0.957. The molecule has 0 fully saturated rings. The number of nitrogens with one attached hydrogen (secondary N) is 1. The molecule has 0 aliphatic carbocycles. The Kier molecular flexibility index (Phi) is 4.93. The molecule has 0 atom stereocenters. The minimum absolute atomic E-state index is 0.403. The molecular formula is C20H21N3O2. The van der Waals surface area contributed by atoms with Gasteiger partial charge < -0.3 is 4.74 Å². The summed E-state index contributed by atoms with van der Waals surface area (Å²) in [6.45, 7) is 6.78. The highest BCUT2D eigenvalue weighted by molar-refractivity contribution is 5.63. The van der Waals surface area contributed by atoms with Gasteiger partial charge in [-0.05, 0) is 50.1 Å². The zero-order chi connectivity index (χ0) is 17.8. The SMILES string of the molecule is CCCOc1ccc(-c2nc(-c3ccc(C)cc3C)[nH]c(=O)n2)cc1. The zero-order valence-electron chi connectivity index (χ0n) is 14.7. The van der Waals surface area contributed by atoms with E-state index in [2.05, 4.69) is 27.9 Å². The molecule has 1 N–H and O–H groups in total. The van der Waals surface area contributed by atoms with Crippen LogP contribution < -0.4 is 10.4 Å². The van der Waals surface area contributed by atoms with Crippen LogP contribution in [0.2, 0.25) is 0 Å². The van der Waals surface area contributed by atoms with Crippen LogP contribution in [0.4, 0.5) is 0 Å². The molecule has 3 rings (SSSR count). The molecule has 0 amide bonds. The normalized spacial score (nSPS) is 10.7. The number of rotatable bonds is 5. The highest BCUT2D eigenvalue weighted by Gasteiger charge is 2.10. The molecule has 2 aromatic carbocycles.